The van der Waals surface area contributed by atoms with Gasteiger partial charge in [-0.25, -0.2) is 8.78 Å². The largest absolute Gasteiger partial charge is 0.484 e. The number of amides is 1. The lowest BCUT2D eigenvalue weighted by Gasteiger charge is -2.06. The maximum atomic E-state index is 12.9. The molecule has 19 heavy (non-hydrogen) atoms. The Hall–Kier alpha value is -2.37. The van der Waals surface area contributed by atoms with E-state index in [4.69, 9.17) is 9.15 Å². The maximum Gasteiger partial charge on any atom is 0.258 e. The van der Waals surface area contributed by atoms with E-state index in [9.17, 15) is 13.6 Å². The van der Waals surface area contributed by atoms with Crippen LogP contribution in [0.25, 0.3) is 0 Å². The number of carbonyl (C=O) groups is 1. The average molecular weight is 267 g/mol. The number of halogens is 2. The molecule has 0 aliphatic heterocycles. The molecule has 2 aromatic rings. The van der Waals surface area contributed by atoms with Gasteiger partial charge in [0.05, 0.1) is 12.8 Å². The highest BCUT2D eigenvalue weighted by atomic mass is 19.1. The first-order valence-electron chi connectivity index (χ1n) is 5.51. The highest BCUT2D eigenvalue weighted by Crippen LogP contribution is 2.15. The van der Waals surface area contributed by atoms with Gasteiger partial charge in [-0.05, 0) is 12.1 Å². The minimum Gasteiger partial charge on any atom is -0.484 e. The summed E-state index contributed by atoms with van der Waals surface area (Å²) in [6, 6.07) is 6.15. The predicted molar refractivity (Wildman–Crippen MR) is 62.4 cm³/mol. The van der Waals surface area contributed by atoms with Crippen molar-refractivity contribution in [1.29, 1.82) is 0 Å². The topological polar surface area (TPSA) is 51.5 Å². The third-order valence-corrected chi connectivity index (χ3v) is 2.25. The third-order valence-electron chi connectivity index (χ3n) is 2.25. The summed E-state index contributed by atoms with van der Waals surface area (Å²) in [6.07, 6.45) is 1.49. The molecule has 1 aromatic carbocycles. The zero-order chi connectivity index (χ0) is 13.7. The minimum atomic E-state index is -0.758. The van der Waals surface area contributed by atoms with Crippen LogP contribution in [0.1, 0.15) is 5.76 Å². The van der Waals surface area contributed by atoms with Gasteiger partial charge in [0, 0.05) is 18.2 Å². The lowest BCUT2D eigenvalue weighted by atomic mass is 10.3. The Balaban J connectivity index is 1.79. The second-order valence-electron chi connectivity index (χ2n) is 3.75. The molecule has 0 bridgehead atoms. The van der Waals surface area contributed by atoms with Crippen LogP contribution in [-0.4, -0.2) is 12.5 Å². The lowest BCUT2D eigenvalue weighted by molar-refractivity contribution is -0.123. The van der Waals surface area contributed by atoms with E-state index >= 15 is 0 Å². The van der Waals surface area contributed by atoms with Gasteiger partial charge >= 0.3 is 0 Å². The van der Waals surface area contributed by atoms with Crippen molar-refractivity contribution in [1.82, 2.24) is 5.32 Å². The molecule has 100 valence electrons. The molecule has 0 aliphatic rings. The summed E-state index contributed by atoms with van der Waals surface area (Å²) in [7, 11) is 0. The molecule has 0 fully saturated rings. The summed E-state index contributed by atoms with van der Waals surface area (Å²) in [5.74, 6) is -1.37. The Kier molecular flexibility index (Phi) is 4.12. The van der Waals surface area contributed by atoms with Crippen molar-refractivity contribution in [3.05, 3.63) is 54.0 Å². The molecular weight excluding hydrogens is 256 g/mol. The normalized spacial score (nSPS) is 10.2. The summed E-state index contributed by atoms with van der Waals surface area (Å²) < 4.78 is 35.7. The van der Waals surface area contributed by atoms with Crippen LogP contribution in [-0.2, 0) is 11.3 Å². The van der Waals surface area contributed by atoms with Crippen molar-refractivity contribution in [2.24, 2.45) is 0 Å². The number of carbonyl (C=O) groups excluding carboxylic acids is 1. The standard InChI is InChI=1S/C13H11F2NO3/c14-9-4-10(15)6-12(5-9)19-8-13(17)16-7-11-2-1-3-18-11/h1-6H,7-8H2,(H,16,17). The number of nitrogens with one attached hydrogen (secondary N) is 1. The highest BCUT2D eigenvalue weighted by Gasteiger charge is 2.06. The molecule has 4 nitrogen and oxygen atoms in total. The fraction of sp³-hybridized carbons (Fsp3) is 0.154. The molecule has 0 spiro atoms. The first-order valence-corrected chi connectivity index (χ1v) is 5.51. The van der Waals surface area contributed by atoms with Crippen LogP contribution >= 0.6 is 0 Å². The molecule has 0 saturated carbocycles. The SMILES string of the molecule is O=C(COc1cc(F)cc(F)c1)NCc1ccco1. The van der Waals surface area contributed by atoms with Gasteiger partial charge in [-0.2, -0.15) is 0 Å². The van der Waals surface area contributed by atoms with Crippen LogP contribution < -0.4 is 10.1 Å². The Morgan fingerprint density at radius 3 is 2.63 bits per heavy atom. The number of furan rings is 1. The van der Waals surface area contributed by atoms with Crippen molar-refractivity contribution < 1.29 is 22.7 Å². The van der Waals surface area contributed by atoms with Crippen molar-refractivity contribution in [2.75, 3.05) is 6.61 Å². The lowest BCUT2D eigenvalue weighted by Crippen LogP contribution is -2.28. The zero-order valence-corrected chi connectivity index (χ0v) is 9.86. The average Bonchev–Trinajstić information content (AvgIpc) is 2.86. The smallest absolute Gasteiger partial charge is 0.258 e. The zero-order valence-electron chi connectivity index (χ0n) is 9.86. The highest BCUT2D eigenvalue weighted by molar-refractivity contribution is 5.77. The monoisotopic (exact) mass is 267 g/mol. The molecule has 6 heteroatoms. The Labute approximate surface area is 108 Å². The van der Waals surface area contributed by atoms with E-state index in [1.54, 1.807) is 12.1 Å². The summed E-state index contributed by atoms with van der Waals surface area (Å²) in [5.41, 5.74) is 0. The van der Waals surface area contributed by atoms with E-state index < -0.39 is 17.5 Å². The van der Waals surface area contributed by atoms with Gasteiger partial charge in [0.25, 0.3) is 5.91 Å². The third kappa shape index (κ3) is 4.09. The first kappa shape index (κ1) is 13.1. The van der Waals surface area contributed by atoms with Gasteiger partial charge in [-0.1, -0.05) is 0 Å². The van der Waals surface area contributed by atoms with Gasteiger partial charge < -0.3 is 14.5 Å². The van der Waals surface area contributed by atoms with Crippen molar-refractivity contribution in [3.63, 3.8) is 0 Å². The van der Waals surface area contributed by atoms with Crippen LogP contribution in [0.4, 0.5) is 8.78 Å². The van der Waals surface area contributed by atoms with Crippen molar-refractivity contribution in [3.8, 4) is 5.75 Å². The first-order chi connectivity index (χ1) is 9.13. The summed E-state index contributed by atoms with van der Waals surface area (Å²) in [6.45, 7) is -0.101. The Morgan fingerprint density at radius 1 is 1.26 bits per heavy atom. The molecule has 2 rings (SSSR count). The number of hydrogen-bond donors (Lipinski definition) is 1. The molecule has 0 saturated heterocycles. The van der Waals surface area contributed by atoms with Crippen LogP contribution in [0.5, 0.6) is 5.75 Å². The number of benzene rings is 1. The van der Waals surface area contributed by atoms with Crippen LogP contribution in [0.2, 0.25) is 0 Å². The van der Waals surface area contributed by atoms with Crippen molar-refractivity contribution >= 4 is 5.91 Å². The van der Waals surface area contributed by atoms with E-state index in [1.165, 1.54) is 6.26 Å². The van der Waals surface area contributed by atoms with Crippen molar-refractivity contribution in [2.45, 2.75) is 6.54 Å². The fourth-order valence-electron chi connectivity index (χ4n) is 1.41. The number of ether oxygens (including phenoxy) is 1. The van der Waals surface area contributed by atoms with Gasteiger partial charge in [0.15, 0.2) is 6.61 Å². The molecule has 0 unspecified atom stereocenters. The van der Waals surface area contributed by atoms with Crippen LogP contribution in [0.15, 0.2) is 41.0 Å². The number of hydrogen-bond acceptors (Lipinski definition) is 3. The summed E-state index contributed by atoms with van der Waals surface area (Å²) in [5, 5.41) is 2.54. The van der Waals surface area contributed by atoms with E-state index in [0.29, 0.717) is 5.76 Å². The summed E-state index contributed by atoms with van der Waals surface area (Å²) >= 11 is 0. The van der Waals surface area contributed by atoms with Gasteiger partial charge in [-0.15, -0.1) is 0 Å². The van der Waals surface area contributed by atoms with E-state index in [2.05, 4.69) is 5.32 Å². The maximum absolute atomic E-state index is 12.9. The van der Waals surface area contributed by atoms with Gasteiger partial charge in [-0.3, -0.25) is 4.79 Å². The molecule has 0 atom stereocenters. The Bertz CT molecular complexity index is 535. The molecule has 0 aliphatic carbocycles. The summed E-state index contributed by atoms with van der Waals surface area (Å²) in [4.78, 5) is 11.4. The van der Waals surface area contributed by atoms with Crippen LogP contribution in [0, 0.1) is 11.6 Å². The minimum absolute atomic E-state index is 0.0364. The van der Waals surface area contributed by atoms with Crippen LogP contribution in [0.3, 0.4) is 0 Å². The van der Waals surface area contributed by atoms with E-state index in [0.717, 1.165) is 18.2 Å². The quantitative estimate of drug-likeness (QED) is 0.904. The van der Waals surface area contributed by atoms with E-state index in [1.807, 2.05) is 0 Å². The fourth-order valence-corrected chi connectivity index (χ4v) is 1.41. The molecule has 1 amide bonds. The van der Waals surface area contributed by atoms with Gasteiger partial charge in [0.1, 0.15) is 23.1 Å². The predicted octanol–water partition coefficient (Wildman–Crippen LogP) is 2.25. The second kappa shape index (κ2) is 5.99. The molecular formula is C13H11F2NO3. The number of rotatable bonds is 5. The molecule has 0 radical (unpaired) electrons. The molecule has 1 aromatic heterocycles. The molecule has 1 heterocycles. The van der Waals surface area contributed by atoms with Gasteiger partial charge in [0.2, 0.25) is 0 Å². The molecule has 1 N–H and O–H groups in total. The second-order valence-corrected chi connectivity index (χ2v) is 3.75. The Morgan fingerprint density at radius 2 is 2.00 bits per heavy atom. The van der Waals surface area contributed by atoms with E-state index in [-0.39, 0.29) is 18.9 Å².